The van der Waals surface area contributed by atoms with E-state index in [9.17, 15) is 13.3 Å². The van der Waals surface area contributed by atoms with Gasteiger partial charge in [-0.2, -0.15) is 4.39 Å². The standard InChI is InChI=1S/C34H57F2O4P/c1-8-18-27-19-21-28(22-20-27)29-23-24-30(32(36)31(29)35)38-25-16-14-12-10-9-11-13-15-17-26-41(37,39-33(2,3)4)40-34(5,6)7/h8,23-24,27-28H,1,9-22,25-26H2,2-7H3. The second-order valence-corrected chi connectivity index (χ2v) is 15.8. The number of allylic oxidation sites excluding steroid dienone is 1. The zero-order chi connectivity index (χ0) is 30.5. The van der Waals surface area contributed by atoms with Crippen molar-refractivity contribution < 1.29 is 27.1 Å². The lowest BCUT2D eigenvalue weighted by molar-refractivity contribution is 0.0491. The summed E-state index contributed by atoms with van der Waals surface area (Å²) in [6.45, 7) is 15.7. The Morgan fingerprint density at radius 2 is 1.32 bits per heavy atom. The van der Waals surface area contributed by atoms with Crippen LogP contribution in [0.15, 0.2) is 24.8 Å². The van der Waals surface area contributed by atoms with Crippen molar-refractivity contribution in [1.29, 1.82) is 0 Å². The van der Waals surface area contributed by atoms with Crippen LogP contribution in [0.3, 0.4) is 0 Å². The van der Waals surface area contributed by atoms with Gasteiger partial charge in [-0.05, 0) is 110 Å². The number of unbranched alkanes of at least 4 members (excludes halogenated alkanes) is 8. The summed E-state index contributed by atoms with van der Waals surface area (Å²) in [5.74, 6) is -0.843. The Balaban J connectivity index is 1.57. The molecule has 0 N–H and O–H groups in total. The highest BCUT2D eigenvalue weighted by atomic mass is 31.2. The average Bonchev–Trinajstić information content (AvgIpc) is 2.85. The Labute approximate surface area is 249 Å². The first-order chi connectivity index (χ1) is 19.2. The maximum Gasteiger partial charge on any atom is 0.331 e. The second kappa shape index (κ2) is 17.2. The number of halogens is 2. The molecule has 1 aliphatic rings. The van der Waals surface area contributed by atoms with E-state index in [1.54, 1.807) is 12.1 Å². The topological polar surface area (TPSA) is 44.8 Å². The molecule has 41 heavy (non-hydrogen) atoms. The van der Waals surface area contributed by atoms with Crippen LogP contribution in [0.5, 0.6) is 5.75 Å². The van der Waals surface area contributed by atoms with Crippen molar-refractivity contribution >= 4 is 7.60 Å². The van der Waals surface area contributed by atoms with E-state index in [-0.39, 0.29) is 11.7 Å². The van der Waals surface area contributed by atoms with Gasteiger partial charge in [-0.25, -0.2) is 4.39 Å². The Morgan fingerprint density at radius 3 is 1.83 bits per heavy atom. The molecule has 4 nitrogen and oxygen atoms in total. The number of hydrogen-bond donors (Lipinski definition) is 0. The number of hydrogen-bond acceptors (Lipinski definition) is 4. The quantitative estimate of drug-likeness (QED) is 0.0958. The largest absolute Gasteiger partial charge is 0.490 e. The van der Waals surface area contributed by atoms with E-state index in [0.29, 0.717) is 24.3 Å². The maximum absolute atomic E-state index is 14.8. The molecule has 2 rings (SSSR count). The smallest absolute Gasteiger partial charge is 0.331 e. The normalized spacial score (nSPS) is 18.4. The van der Waals surface area contributed by atoms with Crippen LogP contribution < -0.4 is 4.74 Å². The molecule has 236 valence electrons. The molecule has 0 radical (unpaired) electrons. The highest BCUT2D eigenvalue weighted by Gasteiger charge is 2.34. The van der Waals surface area contributed by atoms with E-state index in [1.165, 1.54) is 0 Å². The number of benzene rings is 1. The van der Waals surface area contributed by atoms with Crippen molar-refractivity contribution in [2.75, 3.05) is 12.8 Å². The molecule has 0 spiro atoms. The van der Waals surface area contributed by atoms with E-state index in [4.69, 9.17) is 13.8 Å². The number of rotatable bonds is 18. The lowest BCUT2D eigenvalue weighted by Gasteiger charge is -2.32. The summed E-state index contributed by atoms with van der Waals surface area (Å²) in [5.41, 5.74) is -0.520. The highest BCUT2D eigenvalue weighted by Crippen LogP contribution is 2.55. The summed E-state index contributed by atoms with van der Waals surface area (Å²) in [7, 11) is -3.14. The highest BCUT2D eigenvalue weighted by molar-refractivity contribution is 7.53. The van der Waals surface area contributed by atoms with Crippen molar-refractivity contribution in [1.82, 2.24) is 0 Å². The Hall–Kier alpha value is -1.23. The summed E-state index contributed by atoms with van der Waals surface area (Å²) < 4.78 is 60.0. The molecule has 0 unspecified atom stereocenters. The van der Waals surface area contributed by atoms with Gasteiger partial charge < -0.3 is 13.8 Å². The van der Waals surface area contributed by atoms with E-state index in [0.717, 1.165) is 89.9 Å². The van der Waals surface area contributed by atoms with Gasteiger partial charge in [0.1, 0.15) is 0 Å². The lowest BCUT2D eigenvalue weighted by Crippen LogP contribution is -2.24. The van der Waals surface area contributed by atoms with Gasteiger partial charge >= 0.3 is 7.60 Å². The average molecular weight is 599 g/mol. The third kappa shape index (κ3) is 14.2. The molecule has 1 aromatic carbocycles. The SMILES string of the molecule is C=CCC1CCC(c2ccc(OCCCCCCCCCCCP(=O)(OC(C)(C)C)OC(C)(C)C)c(F)c2F)CC1. The van der Waals surface area contributed by atoms with E-state index in [2.05, 4.69) is 6.58 Å². The molecule has 1 aromatic rings. The molecule has 0 heterocycles. The van der Waals surface area contributed by atoms with Crippen molar-refractivity contribution in [3.63, 3.8) is 0 Å². The fourth-order valence-corrected chi connectivity index (χ4v) is 8.19. The molecular weight excluding hydrogens is 541 g/mol. The molecule has 0 aromatic heterocycles. The minimum atomic E-state index is -3.14. The number of ether oxygens (including phenoxy) is 1. The Bertz CT molecular complexity index is 939. The summed E-state index contributed by atoms with van der Waals surface area (Å²) in [4.78, 5) is 0. The maximum atomic E-state index is 14.8. The minimum absolute atomic E-state index is 0.0249. The van der Waals surface area contributed by atoms with Crippen LogP contribution in [-0.2, 0) is 13.6 Å². The monoisotopic (exact) mass is 598 g/mol. The van der Waals surface area contributed by atoms with Gasteiger partial charge in [-0.1, -0.05) is 57.1 Å². The molecule has 0 atom stereocenters. The summed E-state index contributed by atoms with van der Waals surface area (Å²) in [5, 5.41) is 0. The van der Waals surface area contributed by atoms with Gasteiger partial charge in [-0.15, -0.1) is 6.58 Å². The van der Waals surface area contributed by atoms with E-state index in [1.807, 2.05) is 47.6 Å². The van der Waals surface area contributed by atoms with Gasteiger partial charge in [0.05, 0.1) is 24.0 Å². The first-order valence-corrected chi connectivity index (χ1v) is 17.7. The molecule has 0 amide bonds. The van der Waals surface area contributed by atoms with Gasteiger partial charge in [0.2, 0.25) is 5.82 Å². The molecule has 1 fully saturated rings. The first kappa shape index (κ1) is 36.0. The van der Waals surface area contributed by atoms with Crippen LogP contribution in [0.1, 0.15) is 143 Å². The fraction of sp³-hybridized carbons (Fsp3) is 0.765. The van der Waals surface area contributed by atoms with Gasteiger partial charge in [0.25, 0.3) is 0 Å². The van der Waals surface area contributed by atoms with E-state index >= 15 is 0 Å². The van der Waals surface area contributed by atoms with Gasteiger partial charge in [-0.3, -0.25) is 4.57 Å². The van der Waals surface area contributed by atoms with Crippen LogP contribution in [0.4, 0.5) is 8.78 Å². The van der Waals surface area contributed by atoms with Gasteiger partial charge in [0.15, 0.2) is 11.6 Å². The van der Waals surface area contributed by atoms with Crippen LogP contribution in [0.2, 0.25) is 0 Å². The molecule has 0 aliphatic heterocycles. The van der Waals surface area contributed by atoms with Crippen molar-refractivity contribution in [2.24, 2.45) is 5.92 Å². The third-order valence-electron chi connectivity index (χ3n) is 7.52. The van der Waals surface area contributed by atoms with Crippen molar-refractivity contribution in [3.05, 3.63) is 42.0 Å². The lowest BCUT2D eigenvalue weighted by atomic mass is 9.77. The minimum Gasteiger partial charge on any atom is -0.490 e. The second-order valence-electron chi connectivity index (χ2n) is 13.8. The molecule has 0 saturated heterocycles. The molecule has 0 bridgehead atoms. The molecule has 1 aliphatic carbocycles. The molecule has 7 heteroatoms. The van der Waals surface area contributed by atoms with E-state index < -0.39 is 30.4 Å². The summed E-state index contributed by atoms with van der Waals surface area (Å²) in [6, 6.07) is 3.33. The van der Waals surface area contributed by atoms with Crippen molar-refractivity contribution in [2.45, 2.75) is 149 Å². The predicted octanol–water partition coefficient (Wildman–Crippen LogP) is 11.5. The predicted molar refractivity (Wildman–Crippen MR) is 167 cm³/mol. The van der Waals surface area contributed by atoms with Crippen LogP contribution in [0.25, 0.3) is 0 Å². The van der Waals surface area contributed by atoms with Crippen LogP contribution in [0, 0.1) is 17.6 Å². The fourth-order valence-electron chi connectivity index (χ4n) is 5.69. The van der Waals surface area contributed by atoms with Crippen LogP contribution >= 0.6 is 7.60 Å². The Kier molecular flexibility index (Phi) is 15.1. The zero-order valence-electron chi connectivity index (χ0n) is 26.7. The zero-order valence-corrected chi connectivity index (χ0v) is 27.6. The van der Waals surface area contributed by atoms with Crippen LogP contribution in [-0.4, -0.2) is 24.0 Å². The first-order valence-electron chi connectivity index (χ1n) is 16.0. The van der Waals surface area contributed by atoms with Gasteiger partial charge in [0, 0.05) is 0 Å². The van der Waals surface area contributed by atoms with Crippen molar-refractivity contribution in [3.8, 4) is 5.75 Å². The Morgan fingerprint density at radius 1 is 0.805 bits per heavy atom. The third-order valence-corrected chi connectivity index (χ3v) is 10.0. The summed E-state index contributed by atoms with van der Waals surface area (Å²) >= 11 is 0. The molecular formula is C34H57F2O4P. The summed E-state index contributed by atoms with van der Waals surface area (Å²) in [6.07, 6.45) is 16.6. The molecule has 1 saturated carbocycles.